The molecule has 86 valence electrons. The number of anilines is 1. The number of aryl methyl sites for hydroxylation is 1. The molecule has 0 saturated heterocycles. The minimum atomic E-state index is 0.712. The Morgan fingerprint density at radius 3 is 2.59 bits per heavy atom. The molecule has 0 radical (unpaired) electrons. The molecule has 2 aromatic rings. The molecule has 0 heterocycles. The maximum absolute atomic E-state index is 6.09. The summed E-state index contributed by atoms with van der Waals surface area (Å²) in [6.07, 6.45) is 1.72. The summed E-state index contributed by atoms with van der Waals surface area (Å²) in [5.41, 5.74) is 5.94. The molecule has 17 heavy (non-hydrogen) atoms. The van der Waals surface area contributed by atoms with Crippen LogP contribution >= 0.6 is 11.6 Å². The molecule has 0 amide bonds. The van der Waals surface area contributed by atoms with Crippen molar-refractivity contribution in [2.45, 2.75) is 6.92 Å². The van der Waals surface area contributed by atoms with Gasteiger partial charge in [0.15, 0.2) is 0 Å². The Kier molecular flexibility index (Phi) is 3.78. The second kappa shape index (κ2) is 5.51. The zero-order valence-electron chi connectivity index (χ0n) is 9.52. The van der Waals surface area contributed by atoms with E-state index in [9.17, 15) is 0 Å². The van der Waals surface area contributed by atoms with E-state index in [2.05, 4.69) is 10.5 Å². The van der Waals surface area contributed by atoms with Crippen LogP contribution in [-0.2, 0) is 0 Å². The lowest BCUT2D eigenvalue weighted by Gasteiger charge is -2.01. The lowest BCUT2D eigenvalue weighted by Crippen LogP contribution is -1.91. The SMILES string of the molecule is Cc1ccc(C=NNc2ccccc2)c(Cl)c1. The van der Waals surface area contributed by atoms with Gasteiger partial charge in [0, 0.05) is 10.6 Å². The van der Waals surface area contributed by atoms with Gasteiger partial charge in [-0.2, -0.15) is 5.10 Å². The average Bonchev–Trinajstić information content (AvgIpc) is 2.33. The van der Waals surface area contributed by atoms with Crippen LogP contribution in [0.25, 0.3) is 0 Å². The number of rotatable bonds is 3. The summed E-state index contributed by atoms with van der Waals surface area (Å²) in [6.45, 7) is 2.01. The molecule has 0 atom stereocenters. The van der Waals surface area contributed by atoms with E-state index in [-0.39, 0.29) is 0 Å². The minimum absolute atomic E-state index is 0.712. The molecule has 0 aliphatic rings. The van der Waals surface area contributed by atoms with E-state index >= 15 is 0 Å². The van der Waals surface area contributed by atoms with Crippen LogP contribution in [0.3, 0.4) is 0 Å². The molecule has 0 aliphatic carbocycles. The number of halogens is 1. The highest BCUT2D eigenvalue weighted by Crippen LogP contribution is 2.15. The van der Waals surface area contributed by atoms with Crippen LogP contribution in [0, 0.1) is 6.92 Å². The predicted octanol–water partition coefficient (Wildman–Crippen LogP) is 4.09. The summed E-state index contributed by atoms with van der Waals surface area (Å²) in [6, 6.07) is 15.7. The van der Waals surface area contributed by atoms with Gasteiger partial charge in [0.25, 0.3) is 0 Å². The Hall–Kier alpha value is -1.80. The first kappa shape index (κ1) is 11.7. The highest BCUT2D eigenvalue weighted by atomic mass is 35.5. The monoisotopic (exact) mass is 244 g/mol. The van der Waals surface area contributed by atoms with Gasteiger partial charge in [-0.15, -0.1) is 0 Å². The van der Waals surface area contributed by atoms with E-state index in [1.54, 1.807) is 6.21 Å². The van der Waals surface area contributed by atoms with E-state index in [0.29, 0.717) is 5.02 Å². The first-order chi connectivity index (χ1) is 8.25. The fraction of sp³-hybridized carbons (Fsp3) is 0.0714. The summed E-state index contributed by atoms with van der Waals surface area (Å²) >= 11 is 6.09. The summed E-state index contributed by atoms with van der Waals surface area (Å²) in [4.78, 5) is 0. The van der Waals surface area contributed by atoms with Crippen LogP contribution in [0.4, 0.5) is 5.69 Å². The molecule has 1 N–H and O–H groups in total. The Labute approximate surface area is 106 Å². The summed E-state index contributed by atoms with van der Waals surface area (Å²) in [7, 11) is 0. The van der Waals surface area contributed by atoms with Gasteiger partial charge >= 0.3 is 0 Å². The van der Waals surface area contributed by atoms with Crippen LogP contribution in [-0.4, -0.2) is 6.21 Å². The number of hydrogen-bond acceptors (Lipinski definition) is 2. The number of nitrogens with one attached hydrogen (secondary N) is 1. The van der Waals surface area contributed by atoms with Crippen molar-refractivity contribution in [3.8, 4) is 0 Å². The number of benzene rings is 2. The first-order valence-electron chi connectivity index (χ1n) is 5.36. The largest absolute Gasteiger partial charge is 0.279 e. The standard InChI is InChI=1S/C14H13ClN2/c1-11-7-8-12(14(15)9-11)10-16-17-13-5-3-2-4-6-13/h2-10,17H,1H3. The third-order valence-corrected chi connectivity index (χ3v) is 2.65. The molecule has 2 aromatic carbocycles. The number of para-hydroxylation sites is 1. The van der Waals surface area contributed by atoms with Gasteiger partial charge in [0.05, 0.1) is 11.9 Å². The molecule has 0 aromatic heterocycles. The molecule has 0 saturated carbocycles. The van der Waals surface area contributed by atoms with E-state index in [4.69, 9.17) is 11.6 Å². The lowest BCUT2D eigenvalue weighted by molar-refractivity contribution is 1.35. The first-order valence-corrected chi connectivity index (χ1v) is 5.74. The molecule has 0 aliphatic heterocycles. The third-order valence-electron chi connectivity index (χ3n) is 2.33. The van der Waals surface area contributed by atoms with Crippen LogP contribution in [0.15, 0.2) is 53.6 Å². The van der Waals surface area contributed by atoms with Crippen LogP contribution in [0.5, 0.6) is 0 Å². The topological polar surface area (TPSA) is 24.4 Å². The van der Waals surface area contributed by atoms with Gasteiger partial charge in [-0.1, -0.05) is 41.9 Å². The molecule has 0 bridgehead atoms. The molecule has 0 fully saturated rings. The number of hydrazone groups is 1. The van der Waals surface area contributed by atoms with Gasteiger partial charge in [0.2, 0.25) is 0 Å². The third kappa shape index (κ3) is 3.33. The second-order valence-electron chi connectivity index (χ2n) is 3.76. The molecule has 2 rings (SSSR count). The van der Waals surface area contributed by atoms with Gasteiger partial charge in [-0.05, 0) is 30.7 Å². The van der Waals surface area contributed by atoms with Crippen molar-refractivity contribution in [2.24, 2.45) is 5.10 Å². The highest BCUT2D eigenvalue weighted by molar-refractivity contribution is 6.33. The average molecular weight is 245 g/mol. The summed E-state index contributed by atoms with van der Waals surface area (Å²) in [5, 5.41) is 4.85. The zero-order chi connectivity index (χ0) is 12.1. The number of hydrogen-bond donors (Lipinski definition) is 1. The van der Waals surface area contributed by atoms with Gasteiger partial charge < -0.3 is 0 Å². The fourth-order valence-corrected chi connectivity index (χ4v) is 1.71. The van der Waals surface area contributed by atoms with E-state index in [1.165, 1.54) is 0 Å². The maximum Gasteiger partial charge on any atom is 0.0561 e. The van der Waals surface area contributed by atoms with Crippen LogP contribution in [0.1, 0.15) is 11.1 Å². The zero-order valence-corrected chi connectivity index (χ0v) is 10.3. The molecular weight excluding hydrogens is 232 g/mol. The quantitative estimate of drug-likeness (QED) is 0.638. The Bertz CT molecular complexity index is 521. The van der Waals surface area contributed by atoms with Crippen molar-refractivity contribution in [1.29, 1.82) is 0 Å². The second-order valence-corrected chi connectivity index (χ2v) is 4.17. The molecule has 3 heteroatoms. The molecule has 0 unspecified atom stereocenters. The Morgan fingerprint density at radius 1 is 1.12 bits per heavy atom. The minimum Gasteiger partial charge on any atom is -0.279 e. The van der Waals surface area contributed by atoms with Gasteiger partial charge in [-0.25, -0.2) is 0 Å². The predicted molar refractivity (Wildman–Crippen MR) is 73.8 cm³/mol. The van der Waals surface area contributed by atoms with E-state index in [0.717, 1.165) is 16.8 Å². The van der Waals surface area contributed by atoms with Crippen molar-refractivity contribution in [2.75, 3.05) is 5.43 Å². The normalized spacial score (nSPS) is 10.7. The Balaban J connectivity index is 2.06. The van der Waals surface area contributed by atoms with Crippen molar-refractivity contribution >= 4 is 23.5 Å². The smallest absolute Gasteiger partial charge is 0.0561 e. The summed E-state index contributed by atoms with van der Waals surface area (Å²) < 4.78 is 0. The van der Waals surface area contributed by atoms with Gasteiger partial charge in [0.1, 0.15) is 0 Å². The van der Waals surface area contributed by atoms with Crippen molar-refractivity contribution < 1.29 is 0 Å². The van der Waals surface area contributed by atoms with Gasteiger partial charge in [-0.3, -0.25) is 5.43 Å². The van der Waals surface area contributed by atoms with Crippen molar-refractivity contribution in [3.05, 3.63) is 64.7 Å². The number of nitrogens with zero attached hydrogens (tertiary/aromatic N) is 1. The molecule has 2 nitrogen and oxygen atoms in total. The Morgan fingerprint density at radius 2 is 1.88 bits per heavy atom. The molecule has 0 spiro atoms. The van der Waals surface area contributed by atoms with E-state index in [1.807, 2.05) is 55.5 Å². The maximum atomic E-state index is 6.09. The van der Waals surface area contributed by atoms with Crippen molar-refractivity contribution in [3.63, 3.8) is 0 Å². The fourth-order valence-electron chi connectivity index (χ4n) is 1.43. The van der Waals surface area contributed by atoms with Crippen LogP contribution < -0.4 is 5.43 Å². The molecular formula is C14H13ClN2. The highest BCUT2D eigenvalue weighted by Gasteiger charge is 1.96. The van der Waals surface area contributed by atoms with E-state index < -0.39 is 0 Å². The van der Waals surface area contributed by atoms with Crippen LogP contribution in [0.2, 0.25) is 5.02 Å². The summed E-state index contributed by atoms with van der Waals surface area (Å²) in [5.74, 6) is 0. The van der Waals surface area contributed by atoms with Crippen molar-refractivity contribution in [1.82, 2.24) is 0 Å². The lowest BCUT2D eigenvalue weighted by atomic mass is 10.2.